The number of nitrogens with one attached hydrogen (secondary N) is 1. The van der Waals surface area contributed by atoms with E-state index in [4.69, 9.17) is 10.8 Å². The number of rotatable bonds is 6. The average Bonchev–Trinajstić information content (AvgIpc) is 2.54. The van der Waals surface area contributed by atoms with Gasteiger partial charge in [0.2, 0.25) is 0 Å². The number of aryl methyl sites for hydroxylation is 1. The summed E-state index contributed by atoms with van der Waals surface area (Å²) in [6, 6.07) is 0.278. The first kappa shape index (κ1) is 13.8. The number of anilines is 2. The highest BCUT2D eigenvalue weighted by molar-refractivity contribution is 5.66. The van der Waals surface area contributed by atoms with Crippen molar-refractivity contribution in [1.82, 2.24) is 9.78 Å². The second kappa shape index (κ2) is 5.91. The van der Waals surface area contributed by atoms with Gasteiger partial charge in [-0.3, -0.25) is 4.68 Å². The van der Waals surface area contributed by atoms with Crippen LogP contribution < -0.4 is 11.1 Å². The van der Waals surface area contributed by atoms with Crippen molar-refractivity contribution in [3.8, 4) is 0 Å². The minimum absolute atomic E-state index is 0.226. The van der Waals surface area contributed by atoms with Crippen LogP contribution in [0.25, 0.3) is 0 Å². The van der Waals surface area contributed by atoms with Gasteiger partial charge in [0.1, 0.15) is 5.82 Å². The number of hydrogen-bond donors (Lipinski definition) is 3. The third kappa shape index (κ3) is 3.36. The van der Waals surface area contributed by atoms with Gasteiger partial charge in [-0.1, -0.05) is 13.8 Å². The van der Waals surface area contributed by atoms with Crippen LogP contribution in [0, 0.1) is 0 Å². The summed E-state index contributed by atoms with van der Waals surface area (Å²) < 4.78 is 1.79. The van der Waals surface area contributed by atoms with E-state index in [9.17, 15) is 0 Å². The molecule has 17 heavy (non-hydrogen) atoms. The molecule has 1 heterocycles. The number of aliphatic hydroxyl groups is 1. The highest BCUT2D eigenvalue weighted by Gasteiger charge is 2.16. The van der Waals surface area contributed by atoms with Crippen molar-refractivity contribution in [3.63, 3.8) is 0 Å². The predicted octanol–water partition coefficient (Wildman–Crippen LogP) is 1.70. The molecule has 98 valence electrons. The summed E-state index contributed by atoms with van der Waals surface area (Å²) in [6.07, 6.45) is 1.71. The van der Waals surface area contributed by atoms with Crippen molar-refractivity contribution in [3.05, 3.63) is 5.69 Å². The average molecular weight is 240 g/mol. The van der Waals surface area contributed by atoms with Crippen LogP contribution in [-0.2, 0) is 7.05 Å². The summed E-state index contributed by atoms with van der Waals surface area (Å²) in [7, 11) is 1.89. The van der Waals surface area contributed by atoms with Crippen LogP contribution in [0.3, 0.4) is 0 Å². The Hall–Kier alpha value is -1.23. The largest absolute Gasteiger partial charge is 0.396 e. The number of hydrogen-bond acceptors (Lipinski definition) is 4. The lowest BCUT2D eigenvalue weighted by atomic mass is 10.1. The summed E-state index contributed by atoms with van der Waals surface area (Å²) in [6.45, 7) is 6.47. The van der Waals surface area contributed by atoms with E-state index < -0.39 is 0 Å². The van der Waals surface area contributed by atoms with Crippen LogP contribution in [-0.4, -0.2) is 27.5 Å². The van der Waals surface area contributed by atoms with Gasteiger partial charge in [0, 0.05) is 19.7 Å². The molecule has 0 amide bonds. The zero-order valence-electron chi connectivity index (χ0n) is 11.2. The molecule has 0 fully saturated rings. The van der Waals surface area contributed by atoms with E-state index in [2.05, 4.69) is 31.2 Å². The van der Waals surface area contributed by atoms with E-state index >= 15 is 0 Å². The molecule has 0 saturated heterocycles. The summed E-state index contributed by atoms with van der Waals surface area (Å²) >= 11 is 0. The Bertz CT molecular complexity index is 360. The second-order valence-electron chi connectivity index (χ2n) is 4.84. The summed E-state index contributed by atoms with van der Waals surface area (Å²) in [5.74, 6) is 1.20. The first-order valence-electron chi connectivity index (χ1n) is 6.17. The number of aromatic nitrogens is 2. The lowest BCUT2D eigenvalue weighted by Crippen LogP contribution is -2.18. The molecule has 0 saturated carbocycles. The van der Waals surface area contributed by atoms with Crippen LogP contribution in [0.5, 0.6) is 0 Å². The molecule has 0 aliphatic carbocycles. The monoisotopic (exact) mass is 240 g/mol. The zero-order valence-corrected chi connectivity index (χ0v) is 11.2. The van der Waals surface area contributed by atoms with Gasteiger partial charge in [-0.25, -0.2) is 0 Å². The minimum atomic E-state index is 0.226. The van der Waals surface area contributed by atoms with Gasteiger partial charge in [-0.05, 0) is 25.7 Å². The molecular weight excluding hydrogens is 216 g/mol. The Morgan fingerprint density at radius 2 is 2.06 bits per heavy atom. The van der Waals surface area contributed by atoms with Crippen molar-refractivity contribution < 1.29 is 5.11 Å². The number of nitrogens with two attached hydrogens (primary N) is 1. The highest BCUT2D eigenvalue weighted by atomic mass is 16.2. The predicted molar refractivity (Wildman–Crippen MR) is 71.1 cm³/mol. The summed E-state index contributed by atoms with van der Waals surface area (Å²) in [5.41, 5.74) is 7.76. The Balaban J connectivity index is 2.77. The van der Waals surface area contributed by atoms with E-state index in [1.807, 2.05) is 7.05 Å². The molecule has 1 aromatic rings. The first-order valence-corrected chi connectivity index (χ1v) is 6.17. The molecule has 0 spiro atoms. The highest BCUT2D eigenvalue weighted by Crippen LogP contribution is 2.28. The lowest BCUT2D eigenvalue weighted by Gasteiger charge is -2.15. The fraction of sp³-hybridized carbons (Fsp3) is 0.750. The molecule has 1 rings (SSSR count). The Morgan fingerprint density at radius 1 is 1.41 bits per heavy atom. The van der Waals surface area contributed by atoms with Gasteiger partial charge in [-0.2, -0.15) is 5.10 Å². The molecule has 1 aromatic heterocycles. The smallest absolute Gasteiger partial charge is 0.147 e. The van der Waals surface area contributed by atoms with E-state index in [1.165, 1.54) is 0 Å². The van der Waals surface area contributed by atoms with E-state index in [1.54, 1.807) is 4.68 Å². The molecule has 0 aromatic carbocycles. The quantitative estimate of drug-likeness (QED) is 0.707. The maximum absolute atomic E-state index is 8.80. The normalized spacial score (nSPS) is 13.1. The molecule has 1 unspecified atom stereocenters. The molecule has 0 bridgehead atoms. The van der Waals surface area contributed by atoms with Crippen LogP contribution in [0.2, 0.25) is 0 Å². The van der Waals surface area contributed by atoms with Gasteiger partial charge in [0.25, 0.3) is 0 Å². The van der Waals surface area contributed by atoms with Crippen molar-refractivity contribution in [2.24, 2.45) is 7.05 Å². The van der Waals surface area contributed by atoms with Gasteiger partial charge in [-0.15, -0.1) is 0 Å². The molecule has 5 heteroatoms. The van der Waals surface area contributed by atoms with E-state index in [0.717, 1.165) is 30.0 Å². The second-order valence-corrected chi connectivity index (χ2v) is 4.84. The van der Waals surface area contributed by atoms with Gasteiger partial charge < -0.3 is 16.2 Å². The van der Waals surface area contributed by atoms with Gasteiger partial charge >= 0.3 is 0 Å². The van der Waals surface area contributed by atoms with Gasteiger partial charge in [0.05, 0.1) is 11.4 Å². The van der Waals surface area contributed by atoms with Crippen molar-refractivity contribution >= 4 is 11.5 Å². The lowest BCUT2D eigenvalue weighted by molar-refractivity contribution is 0.282. The number of nitrogens with zero attached hydrogens (tertiary/aromatic N) is 2. The molecule has 4 N–H and O–H groups in total. The fourth-order valence-electron chi connectivity index (χ4n) is 1.86. The molecule has 0 aliphatic heterocycles. The standard InChI is InChI=1S/C12H24N4O/c1-8(2)11-10(13)12(16(4)15-11)14-9(3)6-5-7-17/h8-9,14,17H,5-7,13H2,1-4H3. The third-order valence-corrected chi connectivity index (χ3v) is 2.84. The molecular formula is C12H24N4O. The number of aliphatic hydroxyl groups excluding tert-OH is 1. The van der Waals surface area contributed by atoms with Crippen molar-refractivity contribution in [1.29, 1.82) is 0 Å². The van der Waals surface area contributed by atoms with Gasteiger partial charge in [0.15, 0.2) is 0 Å². The molecule has 0 aliphatic rings. The first-order chi connectivity index (χ1) is 7.97. The topological polar surface area (TPSA) is 76.1 Å². The Labute approximate surface area is 103 Å². The van der Waals surface area contributed by atoms with E-state index in [0.29, 0.717) is 5.92 Å². The van der Waals surface area contributed by atoms with Crippen LogP contribution in [0.4, 0.5) is 11.5 Å². The number of nitrogen functional groups attached to an aromatic ring is 1. The van der Waals surface area contributed by atoms with Crippen LogP contribution in [0.1, 0.15) is 45.2 Å². The van der Waals surface area contributed by atoms with Crippen LogP contribution >= 0.6 is 0 Å². The van der Waals surface area contributed by atoms with Crippen LogP contribution in [0.15, 0.2) is 0 Å². The third-order valence-electron chi connectivity index (χ3n) is 2.84. The fourth-order valence-corrected chi connectivity index (χ4v) is 1.86. The molecule has 5 nitrogen and oxygen atoms in total. The Morgan fingerprint density at radius 3 is 2.53 bits per heavy atom. The summed E-state index contributed by atoms with van der Waals surface area (Å²) in [4.78, 5) is 0. The zero-order chi connectivity index (χ0) is 13.0. The minimum Gasteiger partial charge on any atom is -0.396 e. The maximum atomic E-state index is 8.80. The van der Waals surface area contributed by atoms with Crippen molar-refractivity contribution in [2.45, 2.75) is 45.6 Å². The van der Waals surface area contributed by atoms with Crippen molar-refractivity contribution in [2.75, 3.05) is 17.7 Å². The SMILES string of the molecule is CC(CCCO)Nc1c(N)c(C(C)C)nn1C. The Kier molecular flexibility index (Phi) is 4.81. The van der Waals surface area contributed by atoms with E-state index in [-0.39, 0.29) is 12.6 Å². The maximum Gasteiger partial charge on any atom is 0.147 e. The summed E-state index contributed by atoms with van der Waals surface area (Å²) in [5, 5.41) is 16.6. The molecule has 0 radical (unpaired) electrons. The molecule has 1 atom stereocenters.